The van der Waals surface area contributed by atoms with Crippen LogP contribution in [0.3, 0.4) is 0 Å². The second kappa shape index (κ2) is 27.1. The van der Waals surface area contributed by atoms with Gasteiger partial charge in [-0.25, -0.2) is 23.8 Å². The number of hydrazone groups is 1. The minimum Gasteiger partial charge on any atom is -0.744 e. The van der Waals surface area contributed by atoms with Crippen molar-refractivity contribution in [2.45, 2.75) is 69.9 Å². The van der Waals surface area contributed by atoms with Gasteiger partial charge in [-0.15, -0.1) is 0 Å². The van der Waals surface area contributed by atoms with E-state index in [1.807, 2.05) is 42.5 Å². The molecule has 1 aromatic heterocycles. The van der Waals surface area contributed by atoms with Crippen LogP contribution in [-0.4, -0.2) is 86.6 Å². The number of unbranched alkanes of at least 4 members (excludes halogenated alkanes) is 1. The molecule has 6 N–H and O–H groups in total. The summed E-state index contributed by atoms with van der Waals surface area (Å²) < 4.78 is 46.3. The number of rotatable bonds is 26. The fourth-order valence-corrected chi connectivity index (χ4v) is 8.07. The van der Waals surface area contributed by atoms with Crippen LogP contribution in [0.15, 0.2) is 131 Å². The molecular weight excluding hydrogens is 882 g/mol. The zero-order valence-electron chi connectivity index (χ0n) is 38.5. The Morgan fingerprint density at radius 2 is 1.48 bits per heavy atom. The minimum absolute atomic E-state index is 0. The van der Waals surface area contributed by atoms with Crippen molar-refractivity contribution in [3.05, 3.63) is 132 Å². The molecule has 0 aliphatic carbocycles. The Bertz CT molecular complexity index is 2390. The fourth-order valence-electron chi connectivity index (χ4n) is 7.41. The summed E-state index contributed by atoms with van der Waals surface area (Å²) in [6.45, 7) is 7.67. The SMILES string of the molecule is CC(C)(CCCCOc1cc(-c2ccccc2)cc(-c2ccccc2)n1)C1NNNN1CCCC(=O)NCCCOCCCNC(=O)c1ccc(N/N=C/c2ccccc2S(=O)(=O)[O-])cc1.[Na+]. The van der Waals surface area contributed by atoms with Gasteiger partial charge in [0.2, 0.25) is 11.8 Å². The summed E-state index contributed by atoms with van der Waals surface area (Å²) >= 11 is 0. The Balaban J connectivity index is 0.00000840. The fraction of sp³-hybridized carbons (Fsp3) is 0.347. The van der Waals surface area contributed by atoms with Gasteiger partial charge < -0.3 is 24.7 Å². The second-order valence-corrected chi connectivity index (χ2v) is 17.9. The summed E-state index contributed by atoms with van der Waals surface area (Å²) in [5.41, 5.74) is 17.6. The molecule has 6 rings (SSSR count). The first-order valence-electron chi connectivity index (χ1n) is 22.3. The van der Waals surface area contributed by atoms with Crippen molar-refractivity contribution >= 4 is 33.8 Å². The molecule has 16 nitrogen and oxygen atoms in total. The maximum Gasteiger partial charge on any atom is 1.00 e. The van der Waals surface area contributed by atoms with Crippen LogP contribution in [0.5, 0.6) is 5.88 Å². The molecule has 4 aromatic carbocycles. The van der Waals surface area contributed by atoms with Crippen molar-refractivity contribution in [1.29, 1.82) is 0 Å². The molecular formula is C49H60N9NaO7S. The number of ether oxygens (including phenoxy) is 2. The molecule has 1 saturated heterocycles. The van der Waals surface area contributed by atoms with Crippen molar-refractivity contribution in [1.82, 2.24) is 37.1 Å². The van der Waals surface area contributed by atoms with Crippen LogP contribution in [0, 0.1) is 5.41 Å². The van der Waals surface area contributed by atoms with E-state index in [4.69, 9.17) is 14.5 Å². The van der Waals surface area contributed by atoms with Gasteiger partial charge in [0.15, 0.2) is 0 Å². The summed E-state index contributed by atoms with van der Waals surface area (Å²) in [6.07, 6.45) is 6.52. The number of hydrogen-bond donors (Lipinski definition) is 6. The van der Waals surface area contributed by atoms with E-state index < -0.39 is 10.1 Å². The maximum atomic E-state index is 12.6. The Labute approximate surface area is 416 Å². The number of pyridine rings is 1. The maximum absolute atomic E-state index is 12.6. The van der Waals surface area contributed by atoms with Crippen LogP contribution in [0.25, 0.3) is 22.4 Å². The molecule has 2 heterocycles. The predicted octanol–water partition coefficient (Wildman–Crippen LogP) is 3.62. The van der Waals surface area contributed by atoms with Crippen LogP contribution in [0.4, 0.5) is 5.69 Å². The van der Waals surface area contributed by atoms with Crippen LogP contribution >= 0.6 is 0 Å². The number of carbonyl (C=O) groups excluding carboxylic acids is 2. The number of carbonyl (C=O) groups is 2. The van der Waals surface area contributed by atoms with Gasteiger partial charge in [0.1, 0.15) is 10.1 Å². The number of aromatic nitrogens is 1. The zero-order chi connectivity index (χ0) is 46.6. The summed E-state index contributed by atoms with van der Waals surface area (Å²) in [5.74, 6) is 0.391. The van der Waals surface area contributed by atoms with E-state index in [0.29, 0.717) is 82.3 Å². The molecule has 18 heteroatoms. The molecule has 0 radical (unpaired) electrons. The number of hydrazine groups is 3. The van der Waals surface area contributed by atoms with E-state index >= 15 is 0 Å². The largest absolute Gasteiger partial charge is 1.00 e. The molecule has 5 aromatic rings. The van der Waals surface area contributed by atoms with Crippen LogP contribution in [0.1, 0.15) is 74.7 Å². The third-order valence-electron chi connectivity index (χ3n) is 11.0. The van der Waals surface area contributed by atoms with Gasteiger partial charge >= 0.3 is 29.6 Å². The molecule has 350 valence electrons. The first-order valence-corrected chi connectivity index (χ1v) is 23.7. The summed E-state index contributed by atoms with van der Waals surface area (Å²) in [5, 5.41) is 12.0. The standard InChI is InChI=1S/C49H61N9O7S.Na/c1-49(2,27-11-12-33-65-46-35-41(37-16-5-3-6-17-37)34-43(53-46)38-18-7-4-8-19-38)48-55-56-57-58(48)30-13-22-45(59)50-28-14-31-64-32-15-29-51-47(60)39-23-25-42(26-24-39)54-52-36-40-20-9-10-21-44(40)66(61,62)63;/h3-10,16-21,23-26,34-36,48,54-57H,11-15,22,27-33H2,1-2H3,(H,50,59)(H,51,60)(H,61,62,63);/q;+1/p-1/b52-36+;. The Morgan fingerprint density at radius 3 is 2.19 bits per heavy atom. The van der Waals surface area contributed by atoms with Gasteiger partial charge in [-0.05, 0) is 91.5 Å². The predicted molar refractivity (Wildman–Crippen MR) is 255 cm³/mol. The van der Waals surface area contributed by atoms with E-state index in [2.05, 4.69) is 86.8 Å². The quantitative estimate of drug-likeness (QED) is 0.0154. The number of benzene rings is 4. The van der Waals surface area contributed by atoms with Crippen molar-refractivity contribution in [2.75, 3.05) is 44.9 Å². The molecule has 1 aliphatic heterocycles. The topological polar surface area (TPSA) is 210 Å². The molecule has 1 unspecified atom stereocenters. The Morgan fingerprint density at radius 1 is 0.806 bits per heavy atom. The first kappa shape index (κ1) is 52.9. The smallest absolute Gasteiger partial charge is 0.744 e. The summed E-state index contributed by atoms with van der Waals surface area (Å²) in [6, 6.07) is 36.9. The van der Waals surface area contributed by atoms with Crippen molar-refractivity contribution in [2.24, 2.45) is 10.5 Å². The second-order valence-electron chi connectivity index (χ2n) is 16.6. The molecule has 2 amide bonds. The number of nitrogens with one attached hydrogen (secondary N) is 6. The zero-order valence-corrected chi connectivity index (χ0v) is 41.3. The number of hydrogen-bond acceptors (Lipinski definition) is 14. The van der Waals surface area contributed by atoms with Crippen molar-refractivity contribution in [3.8, 4) is 28.3 Å². The van der Waals surface area contributed by atoms with E-state index in [9.17, 15) is 22.6 Å². The van der Waals surface area contributed by atoms with E-state index in [1.54, 1.807) is 30.3 Å². The van der Waals surface area contributed by atoms with Gasteiger partial charge in [-0.3, -0.25) is 15.0 Å². The van der Waals surface area contributed by atoms with Gasteiger partial charge in [0.05, 0.1) is 35.3 Å². The number of amides is 2. The molecule has 0 spiro atoms. The molecule has 67 heavy (non-hydrogen) atoms. The molecule has 1 fully saturated rings. The monoisotopic (exact) mass is 941 g/mol. The van der Waals surface area contributed by atoms with Gasteiger partial charge in [-0.2, -0.15) is 16.2 Å². The van der Waals surface area contributed by atoms with Gasteiger partial charge in [-0.1, -0.05) is 92.7 Å². The van der Waals surface area contributed by atoms with Crippen LogP contribution < -0.4 is 66.8 Å². The number of nitrogens with zero attached hydrogens (tertiary/aromatic N) is 3. The molecule has 0 bridgehead atoms. The minimum atomic E-state index is -4.63. The van der Waals surface area contributed by atoms with Crippen molar-refractivity contribution < 1.29 is 61.6 Å². The normalized spacial score (nSPS) is 14.1. The van der Waals surface area contributed by atoms with Crippen LogP contribution in [0.2, 0.25) is 0 Å². The third-order valence-corrected chi connectivity index (χ3v) is 11.9. The Hall–Kier alpha value is -5.05. The summed E-state index contributed by atoms with van der Waals surface area (Å²) in [7, 11) is -4.63. The van der Waals surface area contributed by atoms with Gasteiger partial charge in [0.25, 0.3) is 5.91 Å². The molecule has 0 saturated carbocycles. The average molecular weight is 942 g/mol. The Kier molecular flexibility index (Phi) is 21.4. The first-order chi connectivity index (χ1) is 32.0. The van der Waals surface area contributed by atoms with Crippen molar-refractivity contribution in [3.63, 3.8) is 0 Å². The summed E-state index contributed by atoms with van der Waals surface area (Å²) in [4.78, 5) is 29.6. The van der Waals surface area contributed by atoms with Crippen LogP contribution in [-0.2, 0) is 19.6 Å². The average Bonchev–Trinajstić information content (AvgIpc) is 3.81. The van der Waals surface area contributed by atoms with E-state index in [-0.39, 0.29) is 63.4 Å². The van der Waals surface area contributed by atoms with Gasteiger partial charge in [0, 0.05) is 62.0 Å². The molecule has 1 atom stereocenters. The van der Waals surface area contributed by atoms with E-state index in [1.165, 1.54) is 24.4 Å². The van der Waals surface area contributed by atoms with E-state index in [0.717, 1.165) is 41.6 Å². The molecule has 1 aliphatic rings. The third kappa shape index (κ3) is 17.2. The number of anilines is 1.